The van der Waals surface area contributed by atoms with Crippen LogP contribution in [-0.4, -0.2) is 14.0 Å². The molecule has 0 aliphatic heterocycles. The molecule has 0 aromatic carbocycles. The van der Waals surface area contributed by atoms with Gasteiger partial charge >= 0.3 is 0 Å². The lowest BCUT2D eigenvalue weighted by Crippen LogP contribution is -2.21. The summed E-state index contributed by atoms with van der Waals surface area (Å²) in [5.74, 6) is 0. The number of aryl methyl sites for hydroxylation is 1. The van der Waals surface area contributed by atoms with Crippen LogP contribution in [0.25, 0.3) is 5.65 Å². The Kier molecular flexibility index (Phi) is 1.96. The molecule has 0 bridgehead atoms. The van der Waals surface area contributed by atoms with Crippen LogP contribution in [-0.2, 0) is 12.5 Å². The van der Waals surface area contributed by atoms with Gasteiger partial charge in [-0.1, -0.05) is 20.8 Å². The molecule has 2 aromatic heterocycles. The molecule has 0 unspecified atom stereocenters. The third-order valence-corrected chi connectivity index (χ3v) is 2.52. The van der Waals surface area contributed by atoms with Crippen molar-refractivity contribution in [3.63, 3.8) is 0 Å². The van der Waals surface area contributed by atoms with Crippen LogP contribution < -0.4 is 5.56 Å². The molecule has 0 aliphatic rings. The van der Waals surface area contributed by atoms with Gasteiger partial charge in [0.1, 0.15) is 0 Å². The Labute approximate surface area is 88.2 Å². The number of fused-ring (bicyclic) bond motifs is 1. The normalized spacial score (nSPS) is 12.3. The molecule has 2 heterocycles. The lowest BCUT2D eigenvalue weighted by Gasteiger charge is -2.17. The first-order chi connectivity index (χ1) is 6.91. The van der Waals surface area contributed by atoms with Crippen molar-refractivity contribution in [1.29, 1.82) is 0 Å². The van der Waals surface area contributed by atoms with Crippen LogP contribution in [0.4, 0.5) is 0 Å². The summed E-state index contributed by atoms with van der Waals surface area (Å²) in [6.07, 6.45) is 5.41. The number of hydrogen-bond acceptors (Lipinski definition) is 2. The van der Waals surface area contributed by atoms with Crippen LogP contribution in [0.2, 0.25) is 0 Å². The fraction of sp³-hybridized carbons (Fsp3) is 0.455. The molecule has 4 nitrogen and oxygen atoms in total. The Morgan fingerprint density at radius 1 is 1.27 bits per heavy atom. The van der Waals surface area contributed by atoms with Gasteiger partial charge < -0.3 is 4.57 Å². The number of rotatable bonds is 0. The van der Waals surface area contributed by atoms with Gasteiger partial charge in [-0.15, -0.1) is 0 Å². The summed E-state index contributed by atoms with van der Waals surface area (Å²) >= 11 is 0. The summed E-state index contributed by atoms with van der Waals surface area (Å²) in [5, 5.41) is 0. The second-order valence-electron chi connectivity index (χ2n) is 4.80. The highest BCUT2D eigenvalue weighted by Gasteiger charge is 2.19. The molecule has 0 saturated heterocycles. The Bertz CT molecular complexity index is 557. The van der Waals surface area contributed by atoms with Crippen molar-refractivity contribution in [2.45, 2.75) is 26.2 Å². The van der Waals surface area contributed by atoms with E-state index in [9.17, 15) is 4.79 Å². The van der Waals surface area contributed by atoms with Gasteiger partial charge in [0, 0.05) is 36.7 Å². The second kappa shape index (κ2) is 2.95. The fourth-order valence-electron chi connectivity index (χ4n) is 1.62. The zero-order valence-corrected chi connectivity index (χ0v) is 9.48. The average Bonchev–Trinajstić information content (AvgIpc) is 2.54. The van der Waals surface area contributed by atoms with Crippen molar-refractivity contribution in [3.8, 4) is 0 Å². The van der Waals surface area contributed by atoms with E-state index in [4.69, 9.17) is 0 Å². The summed E-state index contributed by atoms with van der Waals surface area (Å²) in [5.41, 5.74) is 1.47. The minimum Gasteiger partial charge on any atom is -0.314 e. The van der Waals surface area contributed by atoms with E-state index in [-0.39, 0.29) is 11.0 Å². The van der Waals surface area contributed by atoms with E-state index in [1.54, 1.807) is 19.4 Å². The summed E-state index contributed by atoms with van der Waals surface area (Å²) in [7, 11) is 1.73. The highest BCUT2D eigenvalue weighted by Crippen LogP contribution is 2.21. The quantitative estimate of drug-likeness (QED) is 0.651. The van der Waals surface area contributed by atoms with Crippen molar-refractivity contribution < 1.29 is 0 Å². The van der Waals surface area contributed by atoms with Gasteiger partial charge in [0.25, 0.3) is 5.56 Å². The van der Waals surface area contributed by atoms with Crippen molar-refractivity contribution in [2.75, 3.05) is 0 Å². The molecular formula is C11H15N3O. The van der Waals surface area contributed by atoms with E-state index >= 15 is 0 Å². The summed E-state index contributed by atoms with van der Waals surface area (Å²) in [6.45, 7) is 6.32. The highest BCUT2D eigenvalue weighted by molar-refractivity contribution is 5.39. The van der Waals surface area contributed by atoms with Crippen molar-refractivity contribution in [3.05, 3.63) is 34.6 Å². The van der Waals surface area contributed by atoms with Gasteiger partial charge in [-0.05, 0) is 0 Å². The molecule has 0 N–H and O–H groups in total. The third-order valence-electron chi connectivity index (χ3n) is 2.52. The van der Waals surface area contributed by atoms with Gasteiger partial charge in [-0.2, -0.15) is 0 Å². The summed E-state index contributed by atoms with van der Waals surface area (Å²) in [4.78, 5) is 15.9. The molecule has 80 valence electrons. The number of aromatic nitrogens is 3. The van der Waals surface area contributed by atoms with Gasteiger partial charge in [0.2, 0.25) is 5.65 Å². The van der Waals surface area contributed by atoms with Crippen LogP contribution in [0.1, 0.15) is 26.5 Å². The predicted octanol–water partition coefficient (Wildman–Crippen LogP) is 1.33. The molecule has 0 saturated carbocycles. The fourth-order valence-corrected chi connectivity index (χ4v) is 1.62. The van der Waals surface area contributed by atoms with E-state index in [1.807, 2.05) is 10.6 Å². The molecular weight excluding hydrogens is 190 g/mol. The molecule has 2 rings (SSSR count). The van der Waals surface area contributed by atoms with E-state index in [1.165, 1.54) is 4.57 Å². The lowest BCUT2D eigenvalue weighted by atomic mass is 9.93. The first kappa shape index (κ1) is 9.96. The van der Waals surface area contributed by atoms with Crippen LogP contribution in [0.3, 0.4) is 0 Å². The third kappa shape index (κ3) is 1.46. The topological polar surface area (TPSA) is 39.3 Å². The number of hydrogen-bond donors (Lipinski definition) is 0. The monoisotopic (exact) mass is 205 g/mol. The maximum absolute atomic E-state index is 11.7. The molecule has 0 radical (unpaired) electrons. The van der Waals surface area contributed by atoms with Crippen LogP contribution >= 0.6 is 0 Å². The lowest BCUT2D eigenvalue weighted by molar-refractivity contribution is 0.562. The smallest absolute Gasteiger partial charge is 0.293 e. The summed E-state index contributed by atoms with van der Waals surface area (Å²) in [6, 6.07) is 0. The minimum absolute atomic E-state index is 0.00815. The molecule has 4 heteroatoms. The minimum atomic E-state index is -0.0620. The zero-order valence-electron chi connectivity index (χ0n) is 9.48. The SMILES string of the molecule is Cn1ccn2c(C(C)(C)C)cnc2c1=O. The zero-order chi connectivity index (χ0) is 11.2. The van der Waals surface area contributed by atoms with Gasteiger partial charge in [0.05, 0.1) is 0 Å². The largest absolute Gasteiger partial charge is 0.314 e. The average molecular weight is 205 g/mol. The van der Waals surface area contributed by atoms with Gasteiger partial charge in [-0.25, -0.2) is 4.98 Å². The molecule has 0 spiro atoms. The molecule has 0 amide bonds. The predicted molar refractivity (Wildman–Crippen MR) is 59.1 cm³/mol. The molecule has 0 fully saturated rings. The first-order valence-corrected chi connectivity index (χ1v) is 4.94. The van der Waals surface area contributed by atoms with E-state index in [2.05, 4.69) is 25.8 Å². The first-order valence-electron chi connectivity index (χ1n) is 4.94. The van der Waals surface area contributed by atoms with Crippen LogP contribution in [0.15, 0.2) is 23.4 Å². The van der Waals surface area contributed by atoms with Gasteiger partial charge in [-0.3, -0.25) is 9.20 Å². The Balaban J connectivity index is 2.84. The number of nitrogens with zero attached hydrogens (tertiary/aromatic N) is 3. The van der Waals surface area contributed by atoms with E-state index < -0.39 is 0 Å². The Hall–Kier alpha value is -1.58. The molecule has 0 aliphatic carbocycles. The maximum Gasteiger partial charge on any atom is 0.293 e. The summed E-state index contributed by atoms with van der Waals surface area (Å²) < 4.78 is 3.40. The van der Waals surface area contributed by atoms with Crippen molar-refractivity contribution in [2.24, 2.45) is 7.05 Å². The van der Waals surface area contributed by atoms with E-state index in [0.29, 0.717) is 5.65 Å². The van der Waals surface area contributed by atoms with Crippen molar-refractivity contribution >= 4 is 5.65 Å². The van der Waals surface area contributed by atoms with E-state index in [0.717, 1.165) is 5.69 Å². The van der Waals surface area contributed by atoms with Crippen LogP contribution in [0, 0.1) is 0 Å². The maximum atomic E-state index is 11.7. The van der Waals surface area contributed by atoms with Crippen molar-refractivity contribution in [1.82, 2.24) is 14.0 Å². The molecule has 0 atom stereocenters. The Morgan fingerprint density at radius 2 is 1.93 bits per heavy atom. The standard InChI is InChI=1S/C11H15N3O/c1-11(2,3)8-7-12-9-10(15)13(4)5-6-14(8)9/h5-7H,1-4H3. The second-order valence-corrected chi connectivity index (χ2v) is 4.80. The van der Waals surface area contributed by atoms with Crippen LogP contribution in [0.5, 0.6) is 0 Å². The highest BCUT2D eigenvalue weighted by atomic mass is 16.1. The molecule has 2 aromatic rings. The van der Waals surface area contributed by atoms with Gasteiger partial charge in [0.15, 0.2) is 0 Å². The molecule has 15 heavy (non-hydrogen) atoms. The Morgan fingerprint density at radius 3 is 2.53 bits per heavy atom. The number of imidazole rings is 1.